The summed E-state index contributed by atoms with van der Waals surface area (Å²) in [7, 11) is -1.88. The molecule has 2 aromatic rings. The molecule has 1 aliphatic carbocycles. The topological polar surface area (TPSA) is 69.4 Å². The summed E-state index contributed by atoms with van der Waals surface area (Å²) in [4.78, 5) is 0.349. The zero-order valence-electron chi connectivity index (χ0n) is 14.7. The minimum Gasteiger partial charge on any atom is -0.384 e. The number of rotatable bonds is 7. The summed E-state index contributed by atoms with van der Waals surface area (Å²) in [6.07, 6.45) is 0.955. The molecule has 4 nitrogen and oxygen atoms in total. The van der Waals surface area contributed by atoms with E-state index in [4.69, 9.17) is 10.5 Å². The lowest BCUT2D eigenvalue weighted by molar-refractivity contribution is 0.142. The average molecular weight is 359 g/mol. The second-order valence-corrected chi connectivity index (χ2v) is 8.79. The van der Waals surface area contributed by atoms with Crippen LogP contribution < -0.4 is 5.73 Å². The summed E-state index contributed by atoms with van der Waals surface area (Å²) in [6.45, 7) is 2.71. The van der Waals surface area contributed by atoms with Crippen LogP contribution in [0.25, 0.3) is 0 Å². The zero-order valence-corrected chi connectivity index (χ0v) is 15.5. The molecule has 1 fully saturated rings. The molecular formula is C20H25NO3S. The van der Waals surface area contributed by atoms with Crippen LogP contribution in [0.4, 0.5) is 0 Å². The van der Waals surface area contributed by atoms with E-state index >= 15 is 0 Å². The number of methoxy groups -OCH3 is 1. The molecule has 5 heteroatoms. The van der Waals surface area contributed by atoms with Crippen LogP contribution in [0, 0.1) is 5.41 Å². The van der Waals surface area contributed by atoms with Crippen LogP contribution in [-0.4, -0.2) is 33.9 Å². The molecule has 0 amide bonds. The first kappa shape index (κ1) is 18.1. The van der Waals surface area contributed by atoms with Crippen molar-refractivity contribution in [1.29, 1.82) is 0 Å². The van der Waals surface area contributed by atoms with Gasteiger partial charge < -0.3 is 10.5 Å². The molecule has 2 N–H and O–H groups in total. The van der Waals surface area contributed by atoms with Crippen molar-refractivity contribution in [2.45, 2.75) is 29.4 Å². The van der Waals surface area contributed by atoms with Gasteiger partial charge in [0.1, 0.15) is 0 Å². The van der Waals surface area contributed by atoms with Crippen molar-refractivity contribution in [3.8, 4) is 0 Å². The molecule has 3 rings (SSSR count). The van der Waals surface area contributed by atoms with Crippen molar-refractivity contribution >= 4 is 9.84 Å². The Kier molecular flexibility index (Phi) is 5.00. The number of ether oxygens (including phenoxy) is 1. The van der Waals surface area contributed by atoms with Gasteiger partial charge in [0.2, 0.25) is 0 Å². The predicted molar refractivity (Wildman–Crippen MR) is 99.3 cm³/mol. The third-order valence-corrected chi connectivity index (χ3v) is 7.67. The van der Waals surface area contributed by atoms with E-state index in [0.29, 0.717) is 11.5 Å². The second kappa shape index (κ2) is 6.90. The average Bonchev–Trinajstić information content (AvgIpc) is 3.32. The van der Waals surface area contributed by atoms with Crippen LogP contribution in [0.3, 0.4) is 0 Å². The van der Waals surface area contributed by atoms with Crippen LogP contribution in [0.5, 0.6) is 0 Å². The molecule has 0 bridgehead atoms. The Morgan fingerprint density at radius 2 is 1.72 bits per heavy atom. The predicted octanol–water partition coefficient (Wildman–Crippen LogP) is 2.78. The minimum absolute atomic E-state index is 0.145. The van der Waals surface area contributed by atoms with E-state index in [1.165, 1.54) is 5.56 Å². The molecule has 0 saturated heterocycles. The fraction of sp³-hybridized carbons (Fsp3) is 0.400. The van der Waals surface area contributed by atoms with E-state index in [2.05, 4.69) is 19.1 Å². The maximum absolute atomic E-state index is 13.2. The summed E-state index contributed by atoms with van der Waals surface area (Å²) in [5.41, 5.74) is 7.74. The number of nitrogens with two attached hydrogens (primary N) is 1. The first-order valence-corrected chi connectivity index (χ1v) is 10.1. The van der Waals surface area contributed by atoms with Crippen molar-refractivity contribution < 1.29 is 13.2 Å². The maximum Gasteiger partial charge on any atom is 0.182 e. The fourth-order valence-corrected chi connectivity index (χ4v) is 6.37. The molecule has 134 valence electrons. The number of aryl methyl sites for hydroxylation is 1. The molecule has 25 heavy (non-hydrogen) atoms. The van der Waals surface area contributed by atoms with Gasteiger partial charge in [-0.3, -0.25) is 0 Å². The molecule has 0 radical (unpaired) electrons. The van der Waals surface area contributed by atoms with Crippen LogP contribution in [0.1, 0.15) is 24.0 Å². The zero-order chi connectivity index (χ0) is 18.1. The van der Waals surface area contributed by atoms with Crippen molar-refractivity contribution in [3.05, 3.63) is 65.7 Å². The van der Waals surface area contributed by atoms with Crippen LogP contribution in [-0.2, 0) is 21.0 Å². The van der Waals surface area contributed by atoms with Gasteiger partial charge in [0.15, 0.2) is 9.84 Å². The van der Waals surface area contributed by atoms with Crippen LogP contribution in [0.15, 0.2) is 59.5 Å². The summed E-state index contributed by atoms with van der Waals surface area (Å²) in [5, 5.41) is -0.556. The Hall–Kier alpha value is -1.69. The first-order chi connectivity index (χ1) is 12.0. The van der Waals surface area contributed by atoms with Crippen LogP contribution >= 0.6 is 0 Å². The monoisotopic (exact) mass is 359 g/mol. The van der Waals surface area contributed by atoms with Gasteiger partial charge in [0.25, 0.3) is 0 Å². The third kappa shape index (κ3) is 3.01. The molecule has 1 aliphatic rings. The molecule has 3 atom stereocenters. The van der Waals surface area contributed by atoms with Gasteiger partial charge in [-0.05, 0) is 29.7 Å². The Balaban J connectivity index is 2.03. The summed E-state index contributed by atoms with van der Waals surface area (Å²) < 4.78 is 31.9. The van der Waals surface area contributed by atoms with E-state index in [1.807, 2.05) is 18.2 Å². The lowest BCUT2D eigenvalue weighted by Crippen LogP contribution is -2.28. The molecule has 0 aliphatic heterocycles. The van der Waals surface area contributed by atoms with Crippen molar-refractivity contribution in [1.82, 2.24) is 0 Å². The maximum atomic E-state index is 13.2. The standard InChI is InChI=1S/C20H25NO3S/c1-3-15-9-11-16(12-10-15)18-19(20(18,13-21)14-24-2)25(22,23)17-7-5-4-6-8-17/h4-12,18-19H,3,13-14,21H2,1-2H3/t18-,19+,20-/m0/s1. The van der Waals surface area contributed by atoms with Crippen LogP contribution in [0.2, 0.25) is 0 Å². The first-order valence-electron chi connectivity index (χ1n) is 8.58. The molecule has 0 spiro atoms. The SMILES string of the molecule is CCc1ccc([C@H]2[C@@H](S(=O)(=O)c3ccccc3)[C@@]2(CN)COC)cc1. The highest BCUT2D eigenvalue weighted by atomic mass is 32.2. The minimum atomic E-state index is -3.48. The van der Waals surface area contributed by atoms with Gasteiger partial charge in [0, 0.05) is 25.0 Å². The third-order valence-electron chi connectivity index (χ3n) is 5.33. The normalized spacial score (nSPS) is 25.7. The van der Waals surface area contributed by atoms with Crippen molar-refractivity contribution in [2.75, 3.05) is 20.3 Å². The molecule has 1 saturated carbocycles. The van der Waals surface area contributed by atoms with Crippen molar-refractivity contribution in [2.24, 2.45) is 11.1 Å². The molecule has 0 heterocycles. The number of benzene rings is 2. The van der Waals surface area contributed by atoms with Gasteiger partial charge in [-0.25, -0.2) is 8.42 Å². The van der Waals surface area contributed by atoms with E-state index in [-0.39, 0.29) is 12.5 Å². The van der Waals surface area contributed by atoms with E-state index in [9.17, 15) is 8.42 Å². The lowest BCUT2D eigenvalue weighted by Gasteiger charge is -2.15. The van der Waals surface area contributed by atoms with Gasteiger partial charge in [-0.2, -0.15) is 0 Å². The summed E-state index contributed by atoms with van der Waals surface area (Å²) in [6, 6.07) is 16.8. The highest BCUT2D eigenvalue weighted by Crippen LogP contribution is 2.63. The largest absolute Gasteiger partial charge is 0.384 e. The number of hydrogen-bond donors (Lipinski definition) is 1. The van der Waals surface area contributed by atoms with Crippen molar-refractivity contribution in [3.63, 3.8) is 0 Å². The van der Waals surface area contributed by atoms with E-state index in [1.54, 1.807) is 31.4 Å². The van der Waals surface area contributed by atoms with Gasteiger partial charge >= 0.3 is 0 Å². The highest BCUT2D eigenvalue weighted by Gasteiger charge is 2.70. The lowest BCUT2D eigenvalue weighted by atomic mass is 9.99. The fourth-order valence-electron chi connectivity index (χ4n) is 3.91. The molecular weight excluding hydrogens is 334 g/mol. The molecule has 0 unspecified atom stereocenters. The van der Waals surface area contributed by atoms with Gasteiger partial charge in [0.05, 0.1) is 16.8 Å². The van der Waals surface area contributed by atoms with E-state index in [0.717, 1.165) is 12.0 Å². The Morgan fingerprint density at radius 3 is 2.24 bits per heavy atom. The Morgan fingerprint density at radius 1 is 1.08 bits per heavy atom. The quantitative estimate of drug-likeness (QED) is 0.825. The summed E-state index contributed by atoms with van der Waals surface area (Å²) >= 11 is 0. The van der Waals surface area contributed by atoms with Gasteiger partial charge in [-0.1, -0.05) is 49.4 Å². The molecule has 2 aromatic carbocycles. The second-order valence-electron chi connectivity index (χ2n) is 6.72. The number of hydrogen-bond acceptors (Lipinski definition) is 4. The van der Waals surface area contributed by atoms with Gasteiger partial charge in [-0.15, -0.1) is 0 Å². The smallest absolute Gasteiger partial charge is 0.182 e. The highest BCUT2D eigenvalue weighted by molar-refractivity contribution is 7.92. The summed E-state index contributed by atoms with van der Waals surface area (Å²) in [5.74, 6) is -0.145. The molecule has 0 aromatic heterocycles. The Labute approximate surface area is 149 Å². The van der Waals surface area contributed by atoms with E-state index < -0.39 is 20.5 Å². The number of sulfone groups is 1. The Bertz CT molecular complexity index is 818.